The Kier molecular flexibility index (Phi) is 6.53. The van der Waals surface area contributed by atoms with Crippen molar-refractivity contribution >= 4 is 25.0 Å². The second-order valence-corrected chi connectivity index (χ2v) is 13.0. The zero-order valence-electron chi connectivity index (χ0n) is 17.4. The van der Waals surface area contributed by atoms with Crippen molar-refractivity contribution in [2.75, 3.05) is 0 Å². The molecule has 3 nitrogen and oxygen atoms in total. The van der Waals surface area contributed by atoms with Gasteiger partial charge in [0.15, 0.2) is 0 Å². The van der Waals surface area contributed by atoms with E-state index in [4.69, 9.17) is 9.16 Å². The summed E-state index contributed by atoms with van der Waals surface area (Å²) in [6, 6.07) is 21.3. The van der Waals surface area contributed by atoms with Gasteiger partial charge in [0.1, 0.15) is 6.29 Å². The Labute approximate surface area is 170 Å². The van der Waals surface area contributed by atoms with Crippen LogP contribution in [0.2, 0.25) is 5.04 Å². The molecular weight excluding hydrogens is 364 g/mol. The molecule has 0 radical (unpaired) electrons. The lowest BCUT2D eigenvalue weighted by Gasteiger charge is -2.47. The quantitative estimate of drug-likeness (QED) is 0.545. The second kappa shape index (κ2) is 8.72. The maximum atomic E-state index is 11.3. The van der Waals surface area contributed by atoms with Crippen LogP contribution >= 0.6 is 0 Å². The van der Waals surface area contributed by atoms with Crippen molar-refractivity contribution in [3.05, 3.63) is 60.7 Å². The number of carbonyl (C=O) groups is 1. The van der Waals surface area contributed by atoms with Gasteiger partial charge in [0, 0.05) is 6.42 Å². The van der Waals surface area contributed by atoms with E-state index in [1.165, 1.54) is 10.4 Å². The molecule has 1 saturated heterocycles. The molecule has 28 heavy (non-hydrogen) atoms. The summed E-state index contributed by atoms with van der Waals surface area (Å²) in [5, 5.41) is 2.44. The molecule has 0 unspecified atom stereocenters. The maximum absolute atomic E-state index is 11.3. The van der Waals surface area contributed by atoms with Gasteiger partial charge in [-0.05, 0) is 35.2 Å². The largest absolute Gasteiger partial charge is 0.402 e. The van der Waals surface area contributed by atoms with E-state index in [1.807, 2.05) is 0 Å². The van der Waals surface area contributed by atoms with Crippen molar-refractivity contribution < 1.29 is 14.0 Å². The molecule has 0 amide bonds. The third-order valence-corrected chi connectivity index (χ3v) is 10.8. The fourth-order valence-corrected chi connectivity index (χ4v) is 9.13. The van der Waals surface area contributed by atoms with Gasteiger partial charge >= 0.3 is 0 Å². The molecule has 150 valence electrons. The molecule has 0 spiro atoms. The smallest absolute Gasteiger partial charge is 0.261 e. The highest BCUT2D eigenvalue weighted by Gasteiger charge is 2.52. The van der Waals surface area contributed by atoms with Crippen LogP contribution in [0.15, 0.2) is 60.7 Å². The lowest BCUT2D eigenvalue weighted by Crippen LogP contribution is -2.68. The molecule has 0 aromatic heterocycles. The van der Waals surface area contributed by atoms with E-state index in [2.05, 4.69) is 88.4 Å². The fraction of sp³-hybridized carbons (Fsp3) is 0.458. The third-order valence-electron chi connectivity index (χ3n) is 5.75. The Hall–Kier alpha value is -1.75. The van der Waals surface area contributed by atoms with Crippen LogP contribution in [0.5, 0.6) is 0 Å². The zero-order valence-corrected chi connectivity index (χ0v) is 18.4. The Morgan fingerprint density at radius 3 is 2.00 bits per heavy atom. The highest BCUT2D eigenvalue weighted by Crippen LogP contribution is 2.39. The Balaban J connectivity index is 2.12. The Bertz CT molecular complexity index is 715. The monoisotopic (exact) mass is 396 g/mol. The number of rotatable bonds is 6. The minimum Gasteiger partial charge on any atom is -0.402 e. The predicted molar refractivity (Wildman–Crippen MR) is 117 cm³/mol. The van der Waals surface area contributed by atoms with Crippen LogP contribution in [-0.4, -0.2) is 32.9 Å². The Morgan fingerprint density at radius 2 is 1.54 bits per heavy atom. The third kappa shape index (κ3) is 4.14. The van der Waals surface area contributed by atoms with E-state index in [-0.39, 0.29) is 23.4 Å². The van der Waals surface area contributed by atoms with Crippen LogP contribution in [0.4, 0.5) is 0 Å². The van der Waals surface area contributed by atoms with Gasteiger partial charge in [-0.3, -0.25) is 0 Å². The molecule has 0 saturated carbocycles. The molecule has 0 bridgehead atoms. The first-order valence-corrected chi connectivity index (χ1v) is 12.2. The average molecular weight is 397 g/mol. The summed E-state index contributed by atoms with van der Waals surface area (Å²) in [7, 11) is -2.63. The predicted octanol–water partition coefficient (Wildman–Crippen LogP) is 4.09. The summed E-state index contributed by atoms with van der Waals surface area (Å²) < 4.78 is 13.3. The molecule has 1 fully saturated rings. The van der Waals surface area contributed by atoms with Gasteiger partial charge in [0.05, 0.1) is 18.3 Å². The molecule has 0 N–H and O–H groups in total. The first-order valence-electron chi connectivity index (χ1n) is 10.3. The minimum atomic E-state index is -2.63. The van der Waals surface area contributed by atoms with Crippen LogP contribution in [0.3, 0.4) is 0 Å². The normalized spacial score (nSPS) is 23.4. The van der Waals surface area contributed by atoms with E-state index in [9.17, 15) is 4.79 Å². The number of hydrogen-bond donors (Lipinski definition) is 0. The summed E-state index contributed by atoms with van der Waals surface area (Å²) in [6.07, 6.45) is 3.14. The van der Waals surface area contributed by atoms with E-state index >= 15 is 0 Å². The van der Waals surface area contributed by atoms with E-state index < -0.39 is 8.32 Å². The maximum Gasteiger partial charge on any atom is 0.261 e. The lowest BCUT2D eigenvalue weighted by molar-refractivity contribution is -0.125. The Morgan fingerprint density at radius 1 is 1.00 bits per heavy atom. The summed E-state index contributed by atoms with van der Waals surface area (Å²) >= 11 is 0. The topological polar surface area (TPSA) is 35.5 Å². The molecule has 2 aromatic rings. The highest BCUT2D eigenvalue weighted by atomic mass is 28.4. The summed E-state index contributed by atoms with van der Waals surface area (Å²) in [5.74, 6) is 0. The van der Waals surface area contributed by atoms with E-state index in [1.54, 1.807) is 0 Å². The fourth-order valence-electron chi connectivity index (χ4n) is 4.39. The number of aldehydes is 1. The number of benzene rings is 2. The average Bonchev–Trinajstić information content (AvgIpc) is 2.68. The SMILES string of the molecule is C[C@@H]1CC[C@H](O[Si](c2ccccc2)(c2ccccc2)C(C)(C)C)[C@@H](CC=O)O1. The van der Waals surface area contributed by atoms with Crippen molar-refractivity contribution in [3.8, 4) is 0 Å². The van der Waals surface area contributed by atoms with Gasteiger partial charge in [0.25, 0.3) is 8.32 Å². The molecule has 3 atom stereocenters. The van der Waals surface area contributed by atoms with Crippen LogP contribution in [-0.2, 0) is 14.0 Å². The van der Waals surface area contributed by atoms with Crippen LogP contribution in [0.25, 0.3) is 0 Å². The summed E-state index contributed by atoms with van der Waals surface area (Å²) in [6.45, 7) is 8.91. The summed E-state index contributed by atoms with van der Waals surface area (Å²) in [4.78, 5) is 11.3. The van der Waals surface area contributed by atoms with Crippen molar-refractivity contribution in [2.45, 2.75) is 70.3 Å². The standard InChI is InChI=1S/C24H32O3Si/c1-19-15-16-23(22(26-19)17-18-25)27-28(24(2,3)4,20-11-7-5-8-12-20)21-13-9-6-10-14-21/h5-14,18-19,22-23H,15-17H2,1-4H3/t19-,22-,23+/m1/s1. The molecule has 2 aromatic carbocycles. The minimum absolute atomic E-state index is 0.0762. The van der Waals surface area contributed by atoms with Crippen molar-refractivity contribution in [1.29, 1.82) is 0 Å². The molecular formula is C24H32O3Si. The molecule has 4 heteroatoms. The second-order valence-electron chi connectivity index (χ2n) is 8.78. The highest BCUT2D eigenvalue weighted by molar-refractivity contribution is 6.99. The first kappa shape index (κ1) is 21.0. The number of ether oxygens (including phenoxy) is 1. The van der Waals surface area contributed by atoms with Gasteiger partial charge in [-0.15, -0.1) is 0 Å². The molecule has 1 aliphatic rings. The molecule has 3 rings (SSSR count). The number of hydrogen-bond acceptors (Lipinski definition) is 3. The lowest BCUT2D eigenvalue weighted by atomic mass is 10.0. The van der Waals surface area contributed by atoms with Crippen molar-refractivity contribution in [1.82, 2.24) is 0 Å². The zero-order chi connectivity index (χ0) is 20.2. The molecule has 1 heterocycles. The van der Waals surface area contributed by atoms with Gasteiger partial charge in [-0.1, -0.05) is 81.4 Å². The van der Waals surface area contributed by atoms with Crippen LogP contribution in [0, 0.1) is 0 Å². The first-order chi connectivity index (χ1) is 13.4. The van der Waals surface area contributed by atoms with Gasteiger partial charge in [0.2, 0.25) is 0 Å². The van der Waals surface area contributed by atoms with Gasteiger partial charge in [-0.2, -0.15) is 0 Å². The van der Waals surface area contributed by atoms with Gasteiger partial charge in [-0.25, -0.2) is 0 Å². The van der Waals surface area contributed by atoms with Crippen molar-refractivity contribution in [3.63, 3.8) is 0 Å². The summed E-state index contributed by atoms with van der Waals surface area (Å²) in [5.41, 5.74) is 0. The molecule has 1 aliphatic heterocycles. The number of carbonyl (C=O) groups excluding carboxylic acids is 1. The van der Waals surface area contributed by atoms with E-state index in [0.29, 0.717) is 6.42 Å². The van der Waals surface area contributed by atoms with Gasteiger partial charge < -0.3 is 14.0 Å². The van der Waals surface area contributed by atoms with E-state index in [0.717, 1.165) is 19.1 Å². The van der Waals surface area contributed by atoms with Crippen molar-refractivity contribution in [2.24, 2.45) is 0 Å². The van der Waals surface area contributed by atoms with Crippen LogP contribution < -0.4 is 10.4 Å². The molecule has 0 aliphatic carbocycles. The van der Waals surface area contributed by atoms with Crippen LogP contribution in [0.1, 0.15) is 47.0 Å².